The van der Waals surface area contributed by atoms with Gasteiger partial charge in [0.25, 0.3) is 0 Å². The molecule has 5 heteroatoms. The van der Waals surface area contributed by atoms with E-state index in [1.165, 1.54) is 13.0 Å². The fraction of sp³-hybridized carbons (Fsp3) is 0.400. The van der Waals surface area contributed by atoms with Gasteiger partial charge in [0, 0.05) is 18.5 Å². The first-order valence-corrected chi connectivity index (χ1v) is 8.57. The molecule has 0 bridgehead atoms. The zero-order valence-electron chi connectivity index (χ0n) is 14.5. The largest absolute Gasteiger partial charge is 0.493 e. The Kier molecular flexibility index (Phi) is 5.76. The Bertz CT molecular complexity index is 680. The summed E-state index contributed by atoms with van der Waals surface area (Å²) in [5.41, 5.74) is 1.05. The smallest absolute Gasteiger partial charge is 0.231 e. The Hall–Kier alpha value is -2.27. The summed E-state index contributed by atoms with van der Waals surface area (Å²) in [4.78, 5) is 0. The van der Waals surface area contributed by atoms with Gasteiger partial charge in [-0.3, -0.25) is 0 Å². The van der Waals surface area contributed by atoms with Gasteiger partial charge in [0.05, 0.1) is 12.4 Å². The lowest BCUT2D eigenvalue weighted by molar-refractivity contribution is 0.172. The van der Waals surface area contributed by atoms with Crippen molar-refractivity contribution < 1.29 is 18.6 Å². The van der Waals surface area contributed by atoms with E-state index in [0.29, 0.717) is 18.3 Å². The highest BCUT2D eigenvalue weighted by atomic mass is 19.1. The fourth-order valence-electron chi connectivity index (χ4n) is 3.26. The minimum Gasteiger partial charge on any atom is -0.493 e. The standard InChI is InChI=1S/C20H24FNO3/c1-3-15(5-4-14(2)21)18-8-9-22-11-16(18)12-23-17-6-7-19-20(10-17)25-13-24-19/h3-7,10,16,18,22H,1,8-9,11-13H2,2H3/b14-4+,15-5+. The summed E-state index contributed by atoms with van der Waals surface area (Å²) < 4.78 is 29.8. The second-order valence-corrected chi connectivity index (χ2v) is 6.31. The monoisotopic (exact) mass is 345 g/mol. The third-order valence-corrected chi connectivity index (χ3v) is 4.59. The molecule has 2 aliphatic rings. The number of halogens is 1. The second-order valence-electron chi connectivity index (χ2n) is 6.31. The molecular weight excluding hydrogens is 321 g/mol. The maximum atomic E-state index is 13.1. The molecule has 1 aromatic rings. The highest BCUT2D eigenvalue weighted by Crippen LogP contribution is 2.36. The third-order valence-electron chi connectivity index (χ3n) is 4.59. The van der Waals surface area contributed by atoms with Crippen LogP contribution in [0.4, 0.5) is 4.39 Å². The molecule has 1 aromatic carbocycles. The van der Waals surface area contributed by atoms with Crippen LogP contribution >= 0.6 is 0 Å². The number of rotatable bonds is 6. The molecule has 3 rings (SSSR count). The zero-order chi connectivity index (χ0) is 17.6. The predicted molar refractivity (Wildman–Crippen MR) is 95.7 cm³/mol. The Labute approximate surface area is 148 Å². The van der Waals surface area contributed by atoms with Crippen molar-refractivity contribution in [3.63, 3.8) is 0 Å². The molecular formula is C20H24FNO3. The number of allylic oxidation sites excluding steroid dienone is 5. The number of piperidine rings is 1. The van der Waals surface area contributed by atoms with Crippen LogP contribution < -0.4 is 19.5 Å². The van der Waals surface area contributed by atoms with Crippen molar-refractivity contribution in [2.75, 3.05) is 26.5 Å². The average molecular weight is 345 g/mol. The molecule has 0 aromatic heterocycles. The molecule has 0 amide bonds. The van der Waals surface area contributed by atoms with E-state index in [4.69, 9.17) is 14.2 Å². The van der Waals surface area contributed by atoms with E-state index >= 15 is 0 Å². The molecule has 1 N–H and O–H groups in total. The molecule has 0 radical (unpaired) electrons. The van der Waals surface area contributed by atoms with E-state index in [0.717, 1.165) is 36.6 Å². The number of fused-ring (bicyclic) bond motifs is 1. The summed E-state index contributed by atoms with van der Waals surface area (Å²) >= 11 is 0. The summed E-state index contributed by atoms with van der Waals surface area (Å²) in [5.74, 6) is 2.60. The van der Waals surface area contributed by atoms with Crippen LogP contribution in [0.5, 0.6) is 17.2 Å². The van der Waals surface area contributed by atoms with Gasteiger partial charge in [0.2, 0.25) is 6.79 Å². The first-order chi connectivity index (χ1) is 12.2. The molecule has 2 aliphatic heterocycles. The highest BCUT2D eigenvalue weighted by Gasteiger charge is 2.27. The van der Waals surface area contributed by atoms with Gasteiger partial charge in [-0.15, -0.1) is 0 Å². The SMILES string of the molecule is C=C/C(=C\C=C(/C)F)C1CCNCC1COc1ccc2c(c1)OCO2. The maximum absolute atomic E-state index is 13.1. The first-order valence-electron chi connectivity index (χ1n) is 8.57. The molecule has 2 atom stereocenters. The van der Waals surface area contributed by atoms with Crippen LogP contribution in [-0.2, 0) is 0 Å². The lowest BCUT2D eigenvalue weighted by atomic mass is 9.81. The second kappa shape index (κ2) is 8.21. The highest BCUT2D eigenvalue weighted by molar-refractivity contribution is 5.46. The third kappa shape index (κ3) is 4.42. The van der Waals surface area contributed by atoms with Gasteiger partial charge in [0.15, 0.2) is 11.5 Å². The average Bonchev–Trinajstić information content (AvgIpc) is 3.09. The van der Waals surface area contributed by atoms with Crippen LogP contribution in [0.1, 0.15) is 13.3 Å². The Morgan fingerprint density at radius 2 is 2.20 bits per heavy atom. The molecule has 0 aliphatic carbocycles. The van der Waals surface area contributed by atoms with Crippen molar-refractivity contribution >= 4 is 0 Å². The van der Waals surface area contributed by atoms with Gasteiger partial charge >= 0.3 is 0 Å². The molecule has 2 unspecified atom stereocenters. The van der Waals surface area contributed by atoms with Crippen molar-refractivity contribution in [3.8, 4) is 17.2 Å². The lowest BCUT2D eigenvalue weighted by Gasteiger charge is -2.33. The summed E-state index contributed by atoms with van der Waals surface area (Å²) in [6.45, 7) is 7.96. The van der Waals surface area contributed by atoms with E-state index in [1.54, 1.807) is 0 Å². The number of ether oxygens (including phenoxy) is 3. The van der Waals surface area contributed by atoms with Crippen molar-refractivity contribution in [1.29, 1.82) is 0 Å². The minimum atomic E-state index is -0.207. The summed E-state index contributed by atoms with van der Waals surface area (Å²) in [7, 11) is 0. The number of nitrogens with one attached hydrogen (secondary N) is 1. The van der Waals surface area contributed by atoms with Crippen molar-refractivity contribution in [1.82, 2.24) is 5.32 Å². The van der Waals surface area contributed by atoms with Gasteiger partial charge in [-0.2, -0.15) is 0 Å². The van der Waals surface area contributed by atoms with Gasteiger partial charge < -0.3 is 19.5 Å². The van der Waals surface area contributed by atoms with Crippen molar-refractivity contribution in [2.45, 2.75) is 13.3 Å². The van der Waals surface area contributed by atoms with Crippen molar-refractivity contribution in [3.05, 3.63) is 54.4 Å². The molecule has 0 spiro atoms. The van der Waals surface area contributed by atoms with Crippen molar-refractivity contribution in [2.24, 2.45) is 11.8 Å². The summed E-state index contributed by atoms with van der Waals surface area (Å²) in [6.07, 6.45) is 6.12. The van der Waals surface area contributed by atoms with E-state index in [2.05, 4.69) is 11.9 Å². The van der Waals surface area contributed by atoms with Gasteiger partial charge in [-0.05, 0) is 49.6 Å². The molecule has 0 saturated carbocycles. The fourth-order valence-corrected chi connectivity index (χ4v) is 3.26. The summed E-state index contributed by atoms with van der Waals surface area (Å²) in [5, 5.41) is 3.41. The van der Waals surface area contributed by atoms with Gasteiger partial charge in [0.1, 0.15) is 5.75 Å². The molecule has 25 heavy (non-hydrogen) atoms. The van der Waals surface area contributed by atoms with Gasteiger partial charge in [-0.1, -0.05) is 18.7 Å². The first kappa shape index (κ1) is 17.5. The summed E-state index contributed by atoms with van der Waals surface area (Å²) in [6, 6.07) is 5.60. The lowest BCUT2D eigenvalue weighted by Crippen LogP contribution is -2.40. The van der Waals surface area contributed by atoms with Gasteiger partial charge in [-0.25, -0.2) is 4.39 Å². The maximum Gasteiger partial charge on any atom is 0.231 e. The molecule has 1 fully saturated rings. The van der Waals surface area contributed by atoms with Crippen LogP contribution in [-0.4, -0.2) is 26.5 Å². The molecule has 134 valence electrons. The number of benzene rings is 1. The molecule has 2 heterocycles. The Morgan fingerprint density at radius 1 is 1.36 bits per heavy atom. The molecule has 4 nitrogen and oxygen atoms in total. The van der Waals surface area contributed by atoms with E-state index < -0.39 is 0 Å². The Morgan fingerprint density at radius 3 is 3.00 bits per heavy atom. The van der Waals surface area contributed by atoms with Crippen LogP contribution in [0.3, 0.4) is 0 Å². The predicted octanol–water partition coefficient (Wildman–Crippen LogP) is 4.01. The van der Waals surface area contributed by atoms with E-state index in [-0.39, 0.29) is 18.5 Å². The van der Waals surface area contributed by atoms with Crippen LogP contribution in [0.25, 0.3) is 0 Å². The number of hydrogen-bond acceptors (Lipinski definition) is 4. The zero-order valence-corrected chi connectivity index (χ0v) is 14.5. The normalized spacial score (nSPS) is 23.4. The van der Waals surface area contributed by atoms with Crippen LogP contribution in [0, 0.1) is 11.8 Å². The quantitative estimate of drug-likeness (QED) is 0.791. The van der Waals surface area contributed by atoms with E-state index in [9.17, 15) is 4.39 Å². The number of hydrogen-bond donors (Lipinski definition) is 1. The van der Waals surface area contributed by atoms with Crippen LogP contribution in [0.2, 0.25) is 0 Å². The van der Waals surface area contributed by atoms with E-state index in [1.807, 2.05) is 30.4 Å². The Balaban J connectivity index is 1.67. The minimum absolute atomic E-state index is 0.207. The molecule has 1 saturated heterocycles. The topological polar surface area (TPSA) is 39.7 Å². The van der Waals surface area contributed by atoms with Crippen LogP contribution in [0.15, 0.2) is 54.4 Å².